The first-order valence-electron chi connectivity index (χ1n) is 7.99. The van der Waals surface area contributed by atoms with Crippen molar-refractivity contribution in [3.05, 3.63) is 71.1 Å². The average molecular weight is 383 g/mol. The van der Waals surface area contributed by atoms with E-state index in [0.717, 1.165) is 22.7 Å². The molecule has 1 aromatic heterocycles. The van der Waals surface area contributed by atoms with Crippen LogP contribution in [0.5, 0.6) is 0 Å². The van der Waals surface area contributed by atoms with Crippen LogP contribution in [0.1, 0.15) is 17.4 Å². The zero-order valence-corrected chi connectivity index (χ0v) is 15.7. The van der Waals surface area contributed by atoms with Gasteiger partial charge in [0.25, 0.3) is 10.0 Å². The monoisotopic (exact) mass is 383 g/mol. The lowest BCUT2D eigenvalue weighted by Crippen LogP contribution is -2.11. The molecule has 2 N–H and O–H groups in total. The van der Waals surface area contributed by atoms with Gasteiger partial charge in [-0.25, -0.2) is 8.42 Å². The van der Waals surface area contributed by atoms with Crippen molar-refractivity contribution in [2.24, 2.45) is 0 Å². The number of aryl methyl sites for hydroxylation is 1. The predicted molar refractivity (Wildman–Crippen MR) is 105 cm³/mol. The molecule has 26 heavy (non-hydrogen) atoms. The molecule has 0 bridgehead atoms. The van der Waals surface area contributed by atoms with Gasteiger partial charge in [-0.1, -0.05) is 6.92 Å². The number of nitriles is 1. The topological polar surface area (TPSA) is 82.0 Å². The Labute approximate surface area is 157 Å². The van der Waals surface area contributed by atoms with Gasteiger partial charge in [0, 0.05) is 21.9 Å². The van der Waals surface area contributed by atoms with Gasteiger partial charge in [0.1, 0.15) is 4.21 Å². The van der Waals surface area contributed by atoms with E-state index in [4.69, 9.17) is 5.26 Å². The quantitative estimate of drug-likeness (QED) is 0.645. The Kier molecular flexibility index (Phi) is 5.26. The molecule has 7 heteroatoms. The Balaban J connectivity index is 1.69. The fraction of sp³-hybridized carbons (Fsp3) is 0.105. The van der Waals surface area contributed by atoms with E-state index in [1.54, 1.807) is 42.5 Å². The van der Waals surface area contributed by atoms with Crippen LogP contribution in [-0.4, -0.2) is 8.42 Å². The minimum absolute atomic E-state index is 0.314. The van der Waals surface area contributed by atoms with Crippen LogP contribution in [0.4, 0.5) is 17.1 Å². The van der Waals surface area contributed by atoms with E-state index >= 15 is 0 Å². The molecular formula is C19H17N3O2S2. The fourth-order valence-corrected chi connectivity index (χ4v) is 4.67. The van der Waals surface area contributed by atoms with Crippen molar-refractivity contribution in [2.45, 2.75) is 17.6 Å². The van der Waals surface area contributed by atoms with Gasteiger partial charge in [-0.15, -0.1) is 11.3 Å². The molecule has 3 rings (SSSR count). The van der Waals surface area contributed by atoms with Crippen LogP contribution in [0.25, 0.3) is 0 Å². The summed E-state index contributed by atoms with van der Waals surface area (Å²) in [6, 6.07) is 19.6. The number of thiophene rings is 1. The summed E-state index contributed by atoms with van der Waals surface area (Å²) in [7, 11) is -3.56. The number of rotatable bonds is 6. The molecule has 0 radical (unpaired) electrons. The molecular weight excluding hydrogens is 366 g/mol. The van der Waals surface area contributed by atoms with Gasteiger partial charge in [0.05, 0.1) is 11.6 Å². The van der Waals surface area contributed by atoms with Gasteiger partial charge in [0.2, 0.25) is 0 Å². The third-order valence-electron chi connectivity index (χ3n) is 3.69. The highest BCUT2D eigenvalue weighted by Gasteiger charge is 2.16. The van der Waals surface area contributed by atoms with E-state index in [-0.39, 0.29) is 0 Å². The average Bonchev–Trinajstić information content (AvgIpc) is 3.14. The first-order chi connectivity index (χ1) is 12.5. The van der Waals surface area contributed by atoms with Crippen LogP contribution in [0, 0.1) is 11.3 Å². The second-order valence-electron chi connectivity index (χ2n) is 5.57. The maximum atomic E-state index is 12.4. The number of hydrogen-bond donors (Lipinski definition) is 2. The zero-order chi connectivity index (χ0) is 18.6. The molecule has 5 nitrogen and oxygen atoms in total. The Bertz CT molecular complexity index is 1030. The summed E-state index contributed by atoms with van der Waals surface area (Å²) >= 11 is 1.28. The lowest BCUT2D eigenvalue weighted by molar-refractivity contribution is 0.603. The van der Waals surface area contributed by atoms with Crippen LogP contribution in [0.3, 0.4) is 0 Å². The summed E-state index contributed by atoms with van der Waals surface area (Å²) in [4.78, 5) is 1.03. The molecule has 0 aliphatic heterocycles. The maximum absolute atomic E-state index is 12.4. The van der Waals surface area contributed by atoms with E-state index in [1.807, 2.05) is 25.1 Å². The van der Waals surface area contributed by atoms with Crippen LogP contribution in [0.15, 0.2) is 64.9 Å². The summed E-state index contributed by atoms with van der Waals surface area (Å²) in [5.74, 6) is 0. The number of nitrogens with one attached hydrogen (secondary N) is 2. The smallest absolute Gasteiger partial charge is 0.271 e. The van der Waals surface area contributed by atoms with Crippen molar-refractivity contribution in [1.82, 2.24) is 0 Å². The highest BCUT2D eigenvalue weighted by Crippen LogP contribution is 2.25. The Morgan fingerprint density at radius 2 is 1.50 bits per heavy atom. The van der Waals surface area contributed by atoms with Crippen LogP contribution in [-0.2, 0) is 16.4 Å². The minimum Gasteiger partial charge on any atom is -0.356 e. The SMILES string of the molecule is CCc1ccc(S(=O)(=O)Nc2ccc(Nc3ccc(C#N)cc3)cc2)s1. The Morgan fingerprint density at radius 1 is 0.923 bits per heavy atom. The van der Waals surface area contributed by atoms with Gasteiger partial charge in [-0.05, 0) is 67.1 Å². The van der Waals surface area contributed by atoms with Crippen molar-refractivity contribution >= 4 is 38.4 Å². The summed E-state index contributed by atoms with van der Waals surface area (Å²) in [5, 5.41) is 12.0. The normalized spacial score (nSPS) is 10.9. The highest BCUT2D eigenvalue weighted by atomic mass is 32.2. The summed E-state index contributed by atoms with van der Waals surface area (Å²) in [6.45, 7) is 2.00. The third-order valence-corrected chi connectivity index (χ3v) is 6.79. The largest absolute Gasteiger partial charge is 0.356 e. The van der Waals surface area contributed by atoms with E-state index in [1.165, 1.54) is 11.3 Å². The van der Waals surface area contributed by atoms with E-state index in [0.29, 0.717) is 15.5 Å². The molecule has 0 atom stereocenters. The van der Waals surface area contributed by atoms with Crippen molar-refractivity contribution in [1.29, 1.82) is 5.26 Å². The van der Waals surface area contributed by atoms with Gasteiger partial charge in [-0.3, -0.25) is 4.72 Å². The van der Waals surface area contributed by atoms with Crippen LogP contribution < -0.4 is 10.0 Å². The summed E-state index contributed by atoms with van der Waals surface area (Å²) in [5.41, 5.74) is 2.77. The Morgan fingerprint density at radius 3 is 2.04 bits per heavy atom. The molecule has 2 aromatic carbocycles. The lowest BCUT2D eigenvalue weighted by atomic mass is 10.2. The molecule has 0 spiro atoms. The van der Waals surface area contributed by atoms with Gasteiger partial charge in [-0.2, -0.15) is 5.26 Å². The third kappa shape index (κ3) is 4.23. The minimum atomic E-state index is -3.56. The molecule has 1 heterocycles. The molecule has 0 aliphatic carbocycles. The molecule has 0 saturated carbocycles. The molecule has 0 amide bonds. The number of hydrogen-bond acceptors (Lipinski definition) is 5. The van der Waals surface area contributed by atoms with Crippen LogP contribution in [0.2, 0.25) is 0 Å². The first kappa shape index (κ1) is 18.0. The van der Waals surface area contributed by atoms with Crippen molar-refractivity contribution in [2.75, 3.05) is 10.0 Å². The number of sulfonamides is 1. The molecule has 0 unspecified atom stereocenters. The maximum Gasteiger partial charge on any atom is 0.271 e. The second-order valence-corrected chi connectivity index (χ2v) is 8.65. The first-order valence-corrected chi connectivity index (χ1v) is 10.3. The molecule has 0 fully saturated rings. The Hall–Kier alpha value is -2.82. The summed E-state index contributed by atoms with van der Waals surface area (Å²) < 4.78 is 27.8. The van der Waals surface area contributed by atoms with Crippen molar-refractivity contribution in [3.63, 3.8) is 0 Å². The molecule has 0 aliphatic rings. The van der Waals surface area contributed by atoms with Crippen LogP contribution >= 0.6 is 11.3 Å². The second kappa shape index (κ2) is 7.60. The summed E-state index contributed by atoms with van der Waals surface area (Å²) in [6.07, 6.45) is 0.815. The number of benzene rings is 2. The van der Waals surface area contributed by atoms with Gasteiger partial charge >= 0.3 is 0 Å². The fourth-order valence-electron chi connectivity index (χ4n) is 2.31. The lowest BCUT2D eigenvalue weighted by Gasteiger charge is -2.09. The van der Waals surface area contributed by atoms with Gasteiger partial charge in [0.15, 0.2) is 0 Å². The number of anilines is 3. The van der Waals surface area contributed by atoms with E-state index in [2.05, 4.69) is 16.1 Å². The molecule has 132 valence electrons. The molecule has 3 aromatic rings. The van der Waals surface area contributed by atoms with E-state index in [9.17, 15) is 8.42 Å². The highest BCUT2D eigenvalue weighted by molar-refractivity contribution is 7.94. The van der Waals surface area contributed by atoms with Crippen molar-refractivity contribution < 1.29 is 8.42 Å². The van der Waals surface area contributed by atoms with Gasteiger partial charge < -0.3 is 5.32 Å². The predicted octanol–water partition coefficient (Wildman–Crippen LogP) is 4.73. The molecule has 0 saturated heterocycles. The number of nitrogens with zero attached hydrogens (tertiary/aromatic N) is 1. The van der Waals surface area contributed by atoms with Crippen molar-refractivity contribution in [3.8, 4) is 6.07 Å². The zero-order valence-electron chi connectivity index (χ0n) is 14.1. The standard InChI is InChI=1S/C19H17N3O2S2/c1-2-18-11-12-19(25-18)26(23,24)22-17-9-7-16(8-10-17)21-15-5-3-14(13-20)4-6-15/h3-12,21-22H,2H2,1H3. The van der Waals surface area contributed by atoms with E-state index < -0.39 is 10.0 Å².